The topological polar surface area (TPSA) is 51.2 Å². The van der Waals surface area contributed by atoms with Crippen molar-refractivity contribution in [2.75, 3.05) is 19.0 Å². The number of Topliss-reactive ketones (excluding diaryl/α,β-unsaturated/α-hetero) is 1. The first-order valence-corrected chi connectivity index (χ1v) is 7.45. The summed E-state index contributed by atoms with van der Waals surface area (Å²) < 4.78 is 19.1. The van der Waals surface area contributed by atoms with Gasteiger partial charge in [0.15, 0.2) is 10.9 Å². The Labute approximate surface area is 130 Å². The SMILES string of the molecule is COc1cccc2sc(NCC(=O)c3ccc(F)cc3)nc12. The lowest BCUT2D eigenvalue weighted by molar-refractivity contribution is 0.101. The first-order chi connectivity index (χ1) is 10.7. The number of carbonyl (C=O) groups excluding carboxylic acids is 1. The molecule has 0 aliphatic carbocycles. The Morgan fingerprint density at radius 1 is 1.27 bits per heavy atom. The van der Waals surface area contributed by atoms with Gasteiger partial charge in [-0.25, -0.2) is 9.37 Å². The van der Waals surface area contributed by atoms with Crippen LogP contribution in [0.5, 0.6) is 5.75 Å². The van der Waals surface area contributed by atoms with E-state index in [2.05, 4.69) is 10.3 Å². The van der Waals surface area contributed by atoms with E-state index in [9.17, 15) is 9.18 Å². The largest absolute Gasteiger partial charge is 0.494 e. The van der Waals surface area contributed by atoms with Crippen molar-refractivity contribution in [1.29, 1.82) is 0 Å². The number of hydrogen-bond donors (Lipinski definition) is 1. The highest BCUT2D eigenvalue weighted by molar-refractivity contribution is 7.22. The van der Waals surface area contributed by atoms with Crippen LogP contribution in [0.25, 0.3) is 10.2 Å². The second-order valence-electron chi connectivity index (χ2n) is 4.61. The number of halogens is 1. The van der Waals surface area contributed by atoms with Crippen molar-refractivity contribution in [1.82, 2.24) is 4.98 Å². The maximum absolute atomic E-state index is 12.8. The number of ketones is 1. The minimum Gasteiger partial charge on any atom is -0.494 e. The molecule has 3 rings (SSSR count). The predicted octanol–water partition coefficient (Wildman–Crippen LogP) is 3.74. The monoisotopic (exact) mass is 316 g/mol. The first-order valence-electron chi connectivity index (χ1n) is 6.63. The summed E-state index contributed by atoms with van der Waals surface area (Å²) in [5.41, 5.74) is 1.24. The van der Waals surface area contributed by atoms with Gasteiger partial charge in [0.1, 0.15) is 17.1 Å². The van der Waals surface area contributed by atoms with Gasteiger partial charge >= 0.3 is 0 Å². The van der Waals surface area contributed by atoms with Crippen LogP contribution in [0.4, 0.5) is 9.52 Å². The molecule has 1 aromatic heterocycles. The Morgan fingerprint density at radius 3 is 2.77 bits per heavy atom. The summed E-state index contributed by atoms with van der Waals surface area (Å²) in [4.78, 5) is 16.5. The fourth-order valence-electron chi connectivity index (χ4n) is 2.06. The first kappa shape index (κ1) is 14.5. The van der Waals surface area contributed by atoms with E-state index in [1.807, 2.05) is 18.2 Å². The van der Waals surface area contributed by atoms with Crippen molar-refractivity contribution >= 4 is 32.5 Å². The number of rotatable bonds is 5. The lowest BCUT2D eigenvalue weighted by Gasteiger charge is -2.02. The molecule has 0 saturated heterocycles. The summed E-state index contributed by atoms with van der Waals surface area (Å²) >= 11 is 1.45. The van der Waals surface area contributed by atoms with Crippen molar-refractivity contribution in [2.24, 2.45) is 0 Å². The minimum absolute atomic E-state index is 0.105. The number of anilines is 1. The van der Waals surface area contributed by atoms with Crippen LogP contribution < -0.4 is 10.1 Å². The Morgan fingerprint density at radius 2 is 2.05 bits per heavy atom. The number of methoxy groups -OCH3 is 1. The third-order valence-electron chi connectivity index (χ3n) is 3.17. The van der Waals surface area contributed by atoms with E-state index >= 15 is 0 Å². The number of nitrogens with zero attached hydrogens (tertiary/aromatic N) is 1. The molecule has 6 heteroatoms. The summed E-state index contributed by atoms with van der Waals surface area (Å²) in [6.45, 7) is 0.105. The Bertz CT molecular complexity index is 815. The van der Waals surface area contributed by atoms with Gasteiger partial charge in [0.05, 0.1) is 18.4 Å². The zero-order valence-electron chi connectivity index (χ0n) is 11.8. The summed E-state index contributed by atoms with van der Waals surface area (Å²) in [5, 5.41) is 3.65. The molecule has 0 bridgehead atoms. The number of aromatic nitrogens is 1. The van der Waals surface area contributed by atoms with Crippen molar-refractivity contribution in [3.63, 3.8) is 0 Å². The smallest absolute Gasteiger partial charge is 0.184 e. The minimum atomic E-state index is -0.359. The maximum atomic E-state index is 12.8. The van der Waals surface area contributed by atoms with E-state index in [4.69, 9.17) is 4.74 Å². The van der Waals surface area contributed by atoms with Gasteiger partial charge in [-0.15, -0.1) is 0 Å². The lowest BCUT2D eigenvalue weighted by atomic mass is 10.1. The molecular formula is C16H13FN2O2S. The molecular weight excluding hydrogens is 303 g/mol. The fraction of sp³-hybridized carbons (Fsp3) is 0.125. The van der Waals surface area contributed by atoms with Gasteiger partial charge in [-0.3, -0.25) is 4.79 Å². The van der Waals surface area contributed by atoms with Crippen LogP contribution in [-0.4, -0.2) is 24.4 Å². The van der Waals surface area contributed by atoms with Crippen molar-refractivity contribution in [3.8, 4) is 5.75 Å². The lowest BCUT2D eigenvalue weighted by Crippen LogP contribution is -2.13. The van der Waals surface area contributed by atoms with Gasteiger partial charge < -0.3 is 10.1 Å². The van der Waals surface area contributed by atoms with Gasteiger partial charge in [-0.2, -0.15) is 0 Å². The molecule has 112 valence electrons. The predicted molar refractivity (Wildman–Crippen MR) is 85.4 cm³/mol. The Kier molecular flexibility index (Phi) is 4.02. The molecule has 0 aliphatic rings. The van der Waals surface area contributed by atoms with Crippen molar-refractivity contribution in [3.05, 3.63) is 53.8 Å². The highest BCUT2D eigenvalue weighted by atomic mass is 32.1. The normalized spacial score (nSPS) is 10.6. The van der Waals surface area contributed by atoms with Crippen LogP contribution in [0.3, 0.4) is 0 Å². The van der Waals surface area contributed by atoms with Crippen LogP contribution in [-0.2, 0) is 0 Å². The third kappa shape index (κ3) is 2.92. The van der Waals surface area contributed by atoms with Gasteiger partial charge in [-0.1, -0.05) is 17.4 Å². The van der Waals surface area contributed by atoms with Gasteiger partial charge in [-0.05, 0) is 36.4 Å². The van der Waals surface area contributed by atoms with Crippen LogP contribution in [0, 0.1) is 5.82 Å². The number of thiazole rings is 1. The van der Waals surface area contributed by atoms with Crippen LogP contribution >= 0.6 is 11.3 Å². The Hall–Kier alpha value is -2.47. The number of para-hydroxylation sites is 1. The van der Waals surface area contributed by atoms with Gasteiger partial charge in [0, 0.05) is 5.56 Å². The molecule has 0 atom stereocenters. The number of ether oxygens (including phenoxy) is 1. The van der Waals surface area contributed by atoms with E-state index in [0.717, 1.165) is 10.2 Å². The van der Waals surface area contributed by atoms with Crippen molar-refractivity contribution < 1.29 is 13.9 Å². The molecule has 2 aromatic carbocycles. The van der Waals surface area contributed by atoms with Gasteiger partial charge in [0.2, 0.25) is 0 Å². The molecule has 3 aromatic rings. The number of hydrogen-bond acceptors (Lipinski definition) is 5. The molecule has 0 spiro atoms. The van der Waals surface area contributed by atoms with E-state index in [1.165, 1.54) is 35.6 Å². The molecule has 1 heterocycles. The molecule has 0 fully saturated rings. The highest BCUT2D eigenvalue weighted by Gasteiger charge is 2.10. The molecule has 0 unspecified atom stereocenters. The van der Waals surface area contributed by atoms with Crippen LogP contribution in [0.15, 0.2) is 42.5 Å². The van der Waals surface area contributed by atoms with E-state index in [0.29, 0.717) is 16.4 Å². The molecule has 0 amide bonds. The summed E-state index contributed by atoms with van der Waals surface area (Å²) in [5.74, 6) is 0.223. The third-order valence-corrected chi connectivity index (χ3v) is 4.15. The number of fused-ring (bicyclic) bond motifs is 1. The Balaban J connectivity index is 1.73. The number of benzene rings is 2. The quantitative estimate of drug-likeness (QED) is 0.729. The fourth-order valence-corrected chi connectivity index (χ4v) is 2.94. The van der Waals surface area contributed by atoms with E-state index in [1.54, 1.807) is 7.11 Å². The molecule has 1 N–H and O–H groups in total. The number of carbonyl (C=O) groups is 1. The zero-order valence-corrected chi connectivity index (χ0v) is 12.6. The summed E-state index contributed by atoms with van der Waals surface area (Å²) in [6, 6.07) is 11.2. The molecule has 22 heavy (non-hydrogen) atoms. The van der Waals surface area contributed by atoms with E-state index < -0.39 is 0 Å². The second-order valence-corrected chi connectivity index (χ2v) is 5.64. The van der Waals surface area contributed by atoms with Crippen LogP contribution in [0.2, 0.25) is 0 Å². The standard InChI is InChI=1S/C16H13FN2O2S/c1-21-13-3-2-4-14-15(13)19-16(22-14)18-9-12(20)10-5-7-11(17)8-6-10/h2-8H,9H2,1H3,(H,18,19). The second kappa shape index (κ2) is 6.11. The summed E-state index contributed by atoms with van der Waals surface area (Å²) in [7, 11) is 1.60. The molecule has 0 saturated carbocycles. The van der Waals surface area contributed by atoms with E-state index in [-0.39, 0.29) is 18.1 Å². The summed E-state index contributed by atoms with van der Waals surface area (Å²) in [6.07, 6.45) is 0. The molecule has 0 aliphatic heterocycles. The maximum Gasteiger partial charge on any atom is 0.184 e. The average molecular weight is 316 g/mol. The van der Waals surface area contributed by atoms with Gasteiger partial charge in [0.25, 0.3) is 0 Å². The average Bonchev–Trinajstić information content (AvgIpc) is 2.96. The van der Waals surface area contributed by atoms with Crippen LogP contribution in [0.1, 0.15) is 10.4 Å². The number of nitrogens with one attached hydrogen (secondary N) is 1. The van der Waals surface area contributed by atoms with Crippen molar-refractivity contribution in [2.45, 2.75) is 0 Å². The highest BCUT2D eigenvalue weighted by Crippen LogP contribution is 2.31. The zero-order chi connectivity index (χ0) is 15.5. The molecule has 4 nitrogen and oxygen atoms in total. The molecule has 0 radical (unpaired) electrons.